The van der Waals surface area contributed by atoms with Crippen molar-refractivity contribution in [2.75, 3.05) is 11.9 Å². The lowest BCUT2D eigenvalue weighted by Gasteiger charge is -2.25. The number of nitrogens with one attached hydrogen (secondary N) is 1. The molecule has 86 valence electrons. The van der Waals surface area contributed by atoms with Crippen molar-refractivity contribution in [1.82, 2.24) is 4.98 Å². The molecule has 0 spiro atoms. The highest BCUT2D eigenvalue weighted by molar-refractivity contribution is 7.14. The fourth-order valence-electron chi connectivity index (χ4n) is 1.55. The summed E-state index contributed by atoms with van der Waals surface area (Å²) in [6.07, 6.45) is 0.763. The van der Waals surface area contributed by atoms with Gasteiger partial charge in [-0.3, -0.25) is 0 Å². The zero-order valence-electron chi connectivity index (χ0n) is 9.25. The van der Waals surface area contributed by atoms with Crippen molar-refractivity contribution in [2.24, 2.45) is 5.92 Å². The van der Waals surface area contributed by atoms with E-state index in [0.717, 1.165) is 11.6 Å². The van der Waals surface area contributed by atoms with Gasteiger partial charge in [-0.2, -0.15) is 0 Å². The second kappa shape index (κ2) is 5.14. The number of anilines is 1. The van der Waals surface area contributed by atoms with Gasteiger partial charge in [-0.1, -0.05) is 25.4 Å². The van der Waals surface area contributed by atoms with Gasteiger partial charge in [0, 0.05) is 11.9 Å². The Morgan fingerprint density at radius 2 is 2.33 bits per heavy atom. The maximum absolute atomic E-state index is 10.0. The molecule has 0 radical (unpaired) electrons. The van der Waals surface area contributed by atoms with Crippen LogP contribution in [0.4, 0.5) is 5.13 Å². The Bertz CT molecular complexity index is 312. The lowest BCUT2D eigenvalue weighted by Crippen LogP contribution is -2.34. The van der Waals surface area contributed by atoms with Crippen molar-refractivity contribution in [2.45, 2.75) is 32.8 Å². The molecule has 1 atom stereocenters. The first-order valence-corrected chi connectivity index (χ1v) is 6.22. The molecule has 15 heavy (non-hydrogen) atoms. The van der Waals surface area contributed by atoms with Crippen LogP contribution in [0.2, 0.25) is 5.15 Å². The van der Waals surface area contributed by atoms with Crippen LogP contribution in [-0.4, -0.2) is 22.2 Å². The third-order valence-electron chi connectivity index (χ3n) is 1.94. The summed E-state index contributed by atoms with van der Waals surface area (Å²) in [7, 11) is 0. The summed E-state index contributed by atoms with van der Waals surface area (Å²) in [6, 6.07) is 0. The molecule has 5 heteroatoms. The van der Waals surface area contributed by atoms with E-state index in [2.05, 4.69) is 24.1 Å². The van der Waals surface area contributed by atoms with Crippen molar-refractivity contribution < 1.29 is 5.11 Å². The van der Waals surface area contributed by atoms with E-state index in [9.17, 15) is 5.11 Å². The molecule has 0 fully saturated rings. The molecule has 0 bridgehead atoms. The van der Waals surface area contributed by atoms with E-state index < -0.39 is 5.60 Å². The Labute approximate surface area is 99.5 Å². The van der Waals surface area contributed by atoms with Crippen molar-refractivity contribution in [3.05, 3.63) is 10.5 Å². The minimum Gasteiger partial charge on any atom is -0.388 e. The van der Waals surface area contributed by atoms with Crippen LogP contribution in [-0.2, 0) is 0 Å². The maximum atomic E-state index is 10.0. The van der Waals surface area contributed by atoms with Crippen LogP contribution in [0.25, 0.3) is 0 Å². The summed E-state index contributed by atoms with van der Waals surface area (Å²) in [4.78, 5) is 4.05. The highest BCUT2D eigenvalue weighted by Gasteiger charge is 2.21. The molecule has 1 heterocycles. The molecule has 0 saturated heterocycles. The van der Waals surface area contributed by atoms with Crippen molar-refractivity contribution >= 4 is 28.1 Å². The average molecular weight is 249 g/mol. The molecule has 0 amide bonds. The highest BCUT2D eigenvalue weighted by Crippen LogP contribution is 2.21. The second-order valence-electron chi connectivity index (χ2n) is 4.42. The largest absolute Gasteiger partial charge is 0.388 e. The van der Waals surface area contributed by atoms with E-state index in [1.54, 1.807) is 5.38 Å². The topological polar surface area (TPSA) is 45.1 Å². The van der Waals surface area contributed by atoms with E-state index in [-0.39, 0.29) is 0 Å². The molecule has 1 aromatic heterocycles. The fraction of sp³-hybridized carbons (Fsp3) is 0.700. The Morgan fingerprint density at radius 1 is 1.67 bits per heavy atom. The summed E-state index contributed by atoms with van der Waals surface area (Å²) in [5.74, 6) is 0.474. The van der Waals surface area contributed by atoms with Crippen molar-refractivity contribution in [3.63, 3.8) is 0 Å². The molecule has 1 unspecified atom stereocenters. The van der Waals surface area contributed by atoms with E-state index in [1.807, 2.05) is 6.92 Å². The van der Waals surface area contributed by atoms with E-state index in [1.165, 1.54) is 11.3 Å². The van der Waals surface area contributed by atoms with Crippen molar-refractivity contribution in [3.8, 4) is 0 Å². The standard InChI is InChI=1S/C10H17ClN2OS/c1-7(2)4-10(3,14)6-12-9-13-8(11)5-15-9/h5,7,14H,4,6H2,1-3H3,(H,12,13). The van der Waals surface area contributed by atoms with E-state index in [4.69, 9.17) is 11.6 Å². The van der Waals surface area contributed by atoms with Crippen molar-refractivity contribution in [1.29, 1.82) is 0 Å². The van der Waals surface area contributed by atoms with Gasteiger partial charge in [0.05, 0.1) is 5.60 Å². The number of rotatable bonds is 5. The van der Waals surface area contributed by atoms with E-state index >= 15 is 0 Å². The summed E-state index contributed by atoms with van der Waals surface area (Å²) in [5, 5.41) is 16.1. The molecule has 0 aliphatic heterocycles. The summed E-state index contributed by atoms with van der Waals surface area (Å²) >= 11 is 7.14. The van der Waals surface area contributed by atoms with Gasteiger partial charge in [0.2, 0.25) is 0 Å². The third-order valence-corrected chi connectivity index (χ3v) is 3.07. The number of halogens is 1. The van der Waals surface area contributed by atoms with Crippen LogP contribution in [0.3, 0.4) is 0 Å². The minimum absolute atomic E-state index is 0.474. The van der Waals surface area contributed by atoms with Crippen LogP contribution >= 0.6 is 22.9 Å². The molecule has 2 N–H and O–H groups in total. The number of aromatic nitrogens is 1. The lowest BCUT2D eigenvalue weighted by molar-refractivity contribution is 0.0515. The van der Waals surface area contributed by atoms with Crippen LogP contribution in [0, 0.1) is 5.92 Å². The maximum Gasteiger partial charge on any atom is 0.184 e. The fourth-order valence-corrected chi connectivity index (χ4v) is 2.39. The van der Waals surface area contributed by atoms with Gasteiger partial charge in [-0.05, 0) is 19.3 Å². The zero-order chi connectivity index (χ0) is 11.5. The number of nitrogens with zero attached hydrogens (tertiary/aromatic N) is 1. The Morgan fingerprint density at radius 3 is 2.80 bits per heavy atom. The van der Waals surface area contributed by atoms with Gasteiger partial charge < -0.3 is 10.4 Å². The van der Waals surface area contributed by atoms with Gasteiger partial charge >= 0.3 is 0 Å². The number of hydrogen-bond acceptors (Lipinski definition) is 4. The monoisotopic (exact) mass is 248 g/mol. The van der Waals surface area contributed by atoms with Gasteiger partial charge in [0.1, 0.15) is 5.15 Å². The van der Waals surface area contributed by atoms with Gasteiger partial charge in [0.25, 0.3) is 0 Å². The second-order valence-corrected chi connectivity index (χ2v) is 5.67. The van der Waals surface area contributed by atoms with Crippen LogP contribution in [0.5, 0.6) is 0 Å². The number of aliphatic hydroxyl groups is 1. The van der Waals surface area contributed by atoms with Gasteiger partial charge in [-0.25, -0.2) is 4.98 Å². The van der Waals surface area contributed by atoms with Gasteiger partial charge in [0.15, 0.2) is 5.13 Å². The summed E-state index contributed by atoms with van der Waals surface area (Å²) in [6.45, 7) is 6.51. The molecule has 3 nitrogen and oxygen atoms in total. The predicted molar refractivity (Wildman–Crippen MR) is 65.7 cm³/mol. The molecule has 1 rings (SSSR count). The first kappa shape index (κ1) is 12.7. The first-order chi connectivity index (χ1) is 6.89. The van der Waals surface area contributed by atoms with Crippen LogP contribution < -0.4 is 5.32 Å². The normalized spacial score (nSPS) is 15.3. The summed E-state index contributed by atoms with van der Waals surface area (Å²) < 4.78 is 0. The molecule has 0 aliphatic carbocycles. The Kier molecular flexibility index (Phi) is 4.37. The predicted octanol–water partition coefficient (Wildman–Crippen LogP) is 3.01. The lowest BCUT2D eigenvalue weighted by atomic mass is 9.94. The van der Waals surface area contributed by atoms with Crippen LogP contribution in [0.1, 0.15) is 27.2 Å². The highest BCUT2D eigenvalue weighted by atomic mass is 35.5. The smallest absolute Gasteiger partial charge is 0.184 e. The van der Waals surface area contributed by atoms with E-state index in [0.29, 0.717) is 17.6 Å². The number of thiazole rings is 1. The average Bonchev–Trinajstić information content (AvgIpc) is 2.46. The first-order valence-electron chi connectivity index (χ1n) is 4.96. The molecule has 0 aliphatic rings. The van der Waals surface area contributed by atoms with Gasteiger partial charge in [-0.15, -0.1) is 11.3 Å². The van der Waals surface area contributed by atoms with Crippen LogP contribution in [0.15, 0.2) is 5.38 Å². The number of hydrogen-bond donors (Lipinski definition) is 2. The zero-order valence-corrected chi connectivity index (χ0v) is 10.8. The Hall–Kier alpha value is -0.320. The Balaban J connectivity index is 2.42. The molecule has 1 aromatic rings. The molecule has 0 saturated carbocycles. The molecular weight excluding hydrogens is 232 g/mol. The quantitative estimate of drug-likeness (QED) is 0.842. The molecule has 0 aromatic carbocycles. The molecular formula is C10H17ClN2OS. The summed E-state index contributed by atoms with van der Waals surface area (Å²) in [5.41, 5.74) is -0.702. The minimum atomic E-state index is -0.702. The third kappa shape index (κ3) is 4.82. The SMILES string of the molecule is CC(C)CC(C)(O)CNc1nc(Cl)cs1.